The average molecular weight is 191 g/mol. The van der Waals surface area contributed by atoms with Crippen LogP contribution in [0.5, 0.6) is 0 Å². The van der Waals surface area contributed by atoms with Crippen LogP contribution in [0.4, 0.5) is 0 Å². The number of carbonyl (C=O) groups excluding carboxylic acids is 1. The van der Waals surface area contributed by atoms with Gasteiger partial charge in [-0.3, -0.25) is 4.79 Å². The Labute approximate surface area is 78.7 Å². The number of nitrogens with one attached hydrogen (secondary N) is 2. The Bertz CT molecular complexity index is 186. The molecule has 2 N–H and O–H groups in total. The molecule has 2 fully saturated rings. The molecule has 2 bridgehead atoms. The zero-order valence-electron chi connectivity index (χ0n) is 7.17. The van der Waals surface area contributed by atoms with E-state index in [4.69, 9.17) is 0 Å². The van der Waals surface area contributed by atoms with Crippen molar-refractivity contribution in [2.24, 2.45) is 5.92 Å². The first-order chi connectivity index (χ1) is 5.25. The van der Waals surface area contributed by atoms with Crippen molar-refractivity contribution in [2.75, 3.05) is 6.54 Å². The Morgan fingerprint density at radius 3 is 2.67 bits per heavy atom. The fourth-order valence-corrected chi connectivity index (χ4v) is 2.27. The first-order valence-corrected chi connectivity index (χ1v) is 4.26. The molecule has 2 aliphatic rings. The minimum Gasteiger partial charge on any atom is -0.353 e. The van der Waals surface area contributed by atoms with E-state index in [2.05, 4.69) is 10.6 Å². The topological polar surface area (TPSA) is 41.1 Å². The normalized spacial score (nSPS) is 37.6. The summed E-state index contributed by atoms with van der Waals surface area (Å²) in [5.41, 5.74) is 0. The summed E-state index contributed by atoms with van der Waals surface area (Å²) in [5.74, 6) is 0.812. The molecular formula is C8H15ClN2O. The van der Waals surface area contributed by atoms with Gasteiger partial charge in [0.1, 0.15) is 0 Å². The summed E-state index contributed by atoms with van der Waals surface area (Å²) >= 11 is 0. The third-order valence-corrected chi connectivity index (χ3v) is 2.75. The fraction of sp³-hybridized carbons (Fsp3) is 0.875. The highest BCUT2D eigenvalue weighted by Crippen LogP contribution is 2.30. The summed E-state index contributed by atoms with van der Waals surface area (Å²) in [6.07, 6.45) is 2.38. The predicted octanol–water partition coefficient (Wildman–Crippen LogP) is 0.295. The van der Waals surface area contributed by atoms with Crippen LogP contribution in [0.2, 0.25) is 0 Å². The third kappa shape index (κ3) is 1.72. The SMILES string of the molecule is CC(=O)NC1CC2CC1CN2.Cl. The van der Waals surface area contributed by atoms with E-state index in [9.17, 15) is 4.79 Å². The molecule has 0 radical (unpaired) electrons. The Morgan fingerprint density at radius 2 is 2.25 bits per heavy atom. The van der Waals surface area contributed by atoms with E-state index in [-0.39, 0.29) is 18.3 Å². The van der Waals surface area contributed by atoms with Crippen molar-refractivity contribution >= 4 is 18.3 Å². The maximum atomic E-state index is 10.7. The van der Waals surface area contributed by atoms with Crippen LogP contribution in [-0.4, -0.2) is 24.5 Å². The molecule has 1 amide bonds. The van der Waals surface area contributed by atoms with Crippen molar-refractivity contribution in [1.82, 2.24) is 10.6 Å². The number of hydrogen-bond acceptors (Lipinski definition) is 2. The summed E-state index contributed by atoms with van der Waals surface area (Å²) in [6.45, 7) is 2.69. The second-order valence-electron chi connectivity index (χ2n) is 3.64. The summed E-state index contributed by atoms with van der Waals surface area (Å²) < 4.78 is 0. The lowest BCUT2D eigenvalue weighted by Gasteiger charge is -2.22. The molecule has 1 heterocycles. The van der Waals surface area contributed by atoms with Crippen molar-refractivity contribution in [2.45, 2.75) is 31.8 Å². The number of rotatable bonds is 1. The highest BCUT2D eigenvalue weighted by atomic mass is 35.5. The molecule has 0 aromatic carbocycles. The van der Waals surface area contributed by atoms with Crippen molar-refractivity contribution in [1.29, 1.82) is 0 Å². The van der Waals surface area contributed by atoms with Crippen LogP contribution in [0.3, 0.4) is 0 Å². The van der Waals surface area contributed by atoms with Crippen molar-refractivity contribution in [3.05, 3.63) is 0 Å². The van der Waals surface area contributed by atoms with E-state index in [1.54, 1.807) is 6.92 Å². The maximum Gasteiger partial charge on any atom is 0.217 e. The molecule has 1 aliphatic carbocycles. The van der Waals surface area contributed by atoms with Crippen molar-refractivity contribution in [3.63, 3.8) is 0 Å². The van der Waals surface area contributed by atoms with Gasteiger partial charge in [0.2, 0.25) is 5.91 Å². The molecule has 12 heavy (non-hydrogen) atoms. The average Bonchev–Trinajstić information content (AvgIpc) is 2.45. The van der Waals surface area contributed by atoms with Crippen LogP contribution < -0.4 is 10.6 Å². The van der Waals surface area contributed by atoms with Gasteiger partial charge >= 0.3 is 0 Å². The van der Waals surface area contributed by atoms with Gasteiger partial charge in [-0.15, -0.1) is 12.4 Å². The van der Waals surface area contributed by atoms with Gasteiger partial charge in [-0.25, -0.2) is 0 Å². The molecule has 1 saturated heterocycles. The van der Waals surface area contributed by atoms with Crippen LogP contribution in [0, 0.1) is 5.92 Å². The lowest BCUT2D eigenvalue weighted by atomic mass is 10.0. The highest BCUT2D eigenvalue weighted by Gasteiger charge is 2.39. The lowest BCUT2D eigenvalue weighted by molar-refractivity contribution is -0.119. The molecule has 4 heteroatoms. The highest BCUT2D eigenvalue weighted by molar-refractivity contribution is 5.85. The largest absolute Gasteiger partial charge is 0.353 e. The van der Waals surface area contributed by atoms with Crippen LogP contribution >= 0.6 is 12.4 Å². The van der Waals surface area contributed by atoms with Crippen LogP contribution in [0.15, 0.2) is 0 Å². The second-order valence-corrected chi connectivity index (χ2v) is 3.64. The monoisotopic (exact) mass is 190 g/mol. The van der Waals surface area contributed by atoms with E-state index in [1.807, 2.05) is 0 Å². The molecule has 0 spiro atoms. The summed E-state index contributed by atoms with van der Waals surface area (Å²) in [4.78, 5) is 10.7. The number of hydrogen-bond donors (Lipinski definition) is 2. The fourth-order valence-electron chi connectivity index (χ4n) is 2.27. The Hall–Kier alpha value is -0.280. The molecule has 0 aromatic heterocycles. The third-order valence-electron chi connectivity index (χ3n) is 2.75. The van der Waals surface area contributed by atoms with E-state index in [0.717, 1.165) is 13.0 Å². The Balaban J connectivity index is 0.000000720. The molecule has 70 valence electrons. The first-order valence-electron chi connectivity index (χ1n) is 4.26. The van der Waals surface area contributed by atoms with Crippen LogP contribution in [-0.2, 0) is 4.79 Å². The van der Waals surface area contributed by atoms with Gasteiger partial charge in [0.15, 0.2) is 0 Å². The second kappa shape index (κ2) is 3.62. The smallest absolute Gasteiger partial charge is 0.217 e. The molecule has 1 saturated carbocycles. The van der Waals surface area contributed by atoms with E-state index >= 15 is 0 Å². The Morgan fingerprint density at radius 1 is 1.50 bits per heavy atom. The molecule has 3 unspecified atom stereocenters. The maximum absolute atomic E-state index is 10.7. The molecule has 0 aromatic rings. The van der Waals surface area contributed by atoms with Gasteiger partial charge in [-0.05, 0) is 18.8 Å². The van der Waals surface area contributed by atoms with E-state index in [1.165, 1.54) is 6.42 Å². The molecular weight excluding hydrogens is 176 g/mol. The molecule has 2 rings (SSSR count). The predicted molar refractivity (Wildman–Crippen MR) is 49.4 cm³/mol. The van der Waals surface area contributed by atoms with Gasteiger partial charge in [-0.1, -0.05) is 0 Å². The summed E-state index contributed by atoms with van der Waals surface area (Å²) in [5, 5.41) is 6.40. The minimum absolute atomic E-state index is 0. The number of piperidine rings is 1. The van der Waals surface area contributed by atoms with Crippen LogP contribution in [0.1, 0.15) is 19.8 Å². The summed E-state index contributed by atoms with van der Waals surface area (Å²) in [7, 11) is 0. The van der Waals surface area contributed by atoms with Gasteiger partial charge in [0, 0.05) is 25.6 Å². The zero-order chi connectivity index (χ0) is 7.84. The number of halogens is 1. The van der Waals surface area contributed by atoms with E-state index < -0.39 is 0 Å². The molecule has 3 atom stereocenters. The molecule has 1 aliphatic heterocycles. The van der Waals surface area contributed by atoms with Crippen LogP contribution in [0.25, 0.3) is 0 Å². The Kier molecular flexibility index (Phi) is 2.96. The first kappa shape index (κ1) is 9.81. The number of amides is 1. The van der Waals surface area contributed by atoms with Gasteiger partial charge in [-0.2, -0.15) is 0 Å². The van der Waals surface area contributed by atoms with Crippen molar-refractivity contribution in [3.8, 4) is 0 Å². The van der Waals surface area contributed by atoms with Crippen molar-refractivity contribution < 1.29 is 4.79 Å². The van der Waals surface area contributed by atoms with Gasteiger partial charge < -0.3 is 10.6 Å². The standard InChI is InChI=1S/C8H14N2O.ClH/c1-5(11)10-8-3-7-2-6(8)4-9-7;/h6-9H,2-4H2,1H3,(H,10,11);1H. The lowest BCUT2D eigenvalue weighted by Crippen LogP contribution is -2.43. The minimum atomic E-state index is 0. The zero-order valence-corrected chi connectivity index (χ0v) is 7.99. The quantitative estimate of drug-likeness (QED) is 0.625. The number of carbonyl (C=O) groups is 1. The van der Waals surface area contributed by atoms with E-state index in [0.29, 0.717) is 18.0 Å². The molecule has 3 nitrogen and oxygen atoms in total. The van der Waals surface area contributed by atoms with Gasteiger partial charge in [0.05, 0.1) is 0 Å². The van der Waals surface area contributed by atoms with Gasteiger partial charge in [0.25, 0.3) is 0 Å². The number of fused-ring (bicyclic) bond motifs is 2. The summed E-state index contributed by atoms with van der Waals surface area (Å²) in [6, 6.07) is 1.13.